The van der Waals surface area contributed by atoms with Crippen molar-refractivity contribution in [2.45, 2.75) is 38.5 Å². The van der Waals surface area contributed by atoms with Crippen LogP contribution >= 0.6 is 23.2 Å². The van der Waals surface area contributed by atoms with Crippen LogP contribution in [-0.4, -0.2) is 27.2 Å². The van der Waals surface area contributed by atoms with Crippen LogP contribution in [0.4, 0.5) is 0 Å². The third kappa shape index (κ3) is 8.10. The molecule has 0 atom stereocenters. The first-order valence-electron chi connectivity index (χ1n) is 12.1. The fourth-order valence-corrected chi connectivity index (χ4v) is 4.32. The first-order chi connectivity index (χ1) is 17.5. The summed E-state index contributed by atoms with van der Waals surface area (Å²) in [6.45, 7) is 0.517. The number of unbranched alkanes of at least 4 members (excludes halogenated alkanes) is 4. The number of imidazole rings is 1. The minimum absolute atomic E-state index is 0. The smallest absolute Gasteiger partial charge is 1.00 e. The molecule has 0 bridgehead atoms. The summed E-state index contributed by atoms with van der Waals surface area (Å²) in [6, 6.07) is 25.9. The Hall–Kier alpha value is -2.28. The van der Waals surface area contributed by atoms with E-state index in [0.717, 1.165) is 53.9 Å². The van der Waals surface area contributed by atoms with E-state index in [4.69, 9.17) is 38.0 Å². The van der Waals surface area contributed by atoms with Gasteiger partial charge < -0.3 is 11.3 Å². The van der Waals surface area contributed by atoms with E-state index >= 15 is 0 Å². The van der Waals surface area contributed by atoms with Crippen molar-refractivity contribution in [2.75, 3.05) is 6.61 Å². The Balaban J connectivity index is 0.00000253. The van der Waals surface area contributed by atoms with E-state index in [0.29, 0.717) is 29.1 Å². The van der Waals surface area contributed by atoms with Crippen LogP contribution in [0.25, 0.3) is 28.2 Å². The summed E-state index contributed by atoms with van der Waals surface area (Å²) >= 11 is 12.3. The molecule has 1 aromatic heterocycles. The van der Waals surface area contributed by atoms with Gasteiger partial charge in [-0.05, 0) is 49.2 Å². The largest absolute Gasteiger partial charge is 1.00 e. The molecule has 0 fully saturated rings. The fraction of sp³-hybridized carbons (Fsp3) is 0.241. The number of aliphatic carboxylic acids is 1. The molecule has 3 aromatic carbocycles. The third-order valence-electron chi connectivity index (χ3n) is 5.86. The molecule has 4 aromatic rings. The predicted octanol–water partition coefficient (Wildman–Crippen LogP) is 5.43. The number of hydrogen-bond donors (Lipinski definition) is 1. The molecule has 0 aliphatic carbocycles. The summed E-state index contributed by atoms with van der Waals surface area (Å²) in [5.41, 5.74) is 4.54. The van der Waals surface area contributed by atoms with E-state index in [2.05, 4.69) is 0 Å². The van der Waals surface area contributed by atoms with Crippen molar-refractivity contribution in [3.05, 3.63) is 88.9 Å². The maximum absolute atomic E-state index is 10.7. The van der Waals surface area contributed by atoms with Crippen LogP contribution in [0.3, 0.4) is 0 Å². The minimum Gasteiger partial charge on any atom is -1.00 e. The second-order valence-corrected chi connectivity index (χ2v) is 9.41. The molecular formula is C29H29Cl2N2NaO3. The Morgan fingerprint density at radius 3 is 2.00 bits per heavy atom. The summed E-state index contributed by atoms with van der Waals surface area (Å²) < 4.78 is 8.30. The summed E-state index contributed by atoms with van der Waals surface area (Å²) in [4.78, 5) is 15.6. The van der Waals surface area contributed by atoms with Gasteiger partial charge in [0.05, 0.1) is 18.0 Å². The zero-order chi connectivity index (χ0) is 25.3. The first kappa shape index (κ1) is 29.3. The van der Waals surface area contributed by atoms with E-state index < -0.39 is 5.97 Å². The monoisotopic (exact) mass is 546 g/mol. The average molecular weight is 547 g/mol. The zero-order valence-corrected chi connectivity index (χ0v) is 24.4. The van der Waals surface area contributed by atoms with Crippen LogP contribution < -0.4 is 34.3 Å². The molecule has 0 amide bonds. The Bertz CT molecular complexity index is 1280. The maximum Gasteiger partial charge on any atom is 1.00 e. The molecular weight excluding hydrogens is 518 g/mol. The molecule has 0 spiro atoms. The van der Waals surface area contributed by atoms with Crippen LogP contribution in [0.1, 0.15) is 40.0 Å². The van der Waals surface area contributed by atoms with E-state index in [-0.39, 0.29) is 37.4 Å². The molecule has 4 rings (SSSR count). The van der Waals surface area contributed by atoms with Crippen molar-refractivity contribution in [3.63, 3.8) is 0 Å². The number of rotatable bonds is 12. The quantitative estimate of drug-likeness (QED) is 0.190. The number of carbonyl (C=O) groups is 1. The maximum atomic E-state index is 10.7. The molecule has 0 saturated heterocycles. The summed E-state index contributed by atoms with van der Waals surface area (Å²) in [5.74, 6) is -0.737. The second kappa shape index (κ2) is 14.6. The summed E-state index contributed by atoms with van der Waals surface area (Å²) in [7, 11) is 0. The van der Waals surface area contributed by atoms with E-state index in [1.807, 2.05) is 83.4 Å². The van der Waals surface area contributed by atoms with Crippen LogP contribution in [0.15, 0.2) is 78.9 Å². The van der Waals surface area contributed by atoms with Crippen molar-refractivity contribution in [3.8, 4) is 34.2 Å². The molecule has 5 nitrogen and oxygen atoms in total. The molecule has 1 N–H and O–H groups in total. The fourth-order valence-electron chi connectivity index (χ4n) is 4.07. The molecule has 8 heteroatoms. The number of nitrogens with zero attached hydrogens (tertiary/aromatic N) is 2. The van der Waals surface area contributed by atoms with Crippen molar-refractivity contribution in [2.24, 2.45) is 0 Å². The first-order valence-corrected chi connectivity index (χ1v) is 12.8. The Kier molecular flexibility index (Phi) is 11.6. The molecule has 0 unspecified atom stereocenters. The normalized spacial score (nSPS) is 10.6. The van der Waals surface area contributed by atoms with Gasteiger partial charge in [0.15, 0.2) is 0 Å². The van der Waals surface area contributed by atoms with Crippen molar-refractivity contribution in [1.82, 2.24) is 9.55 Å². The van der Waals surface area contributed by atoms with Gasteiger partial charge in [-0.3, -0.25) is 9.36 Å². The number of benzene rings is 3. The van der Waals surface area contributed by atoms with Gasteiger partial charge in [0.2, 0.25) is 0 Å². The standard InChI is InChI=1S/C29H28Cl2N2O3.Na.H/c30-23-16-12-21(13-17-23)27-28(22-14-18-24(31)19-15-22)33(25-9-5-4-6-10-25)29(32-27)36-20-8-3-1-2-7-11-26(34)35;;/h4-6,9-10,12-19H,1-3,7-8,11,20H2,(H,34,35);;/q;+1;-1. The van der Waals surface area contributed by atoms with E-state index in [9.17, 15) is 4.79 Å². The van der Waals surface area contributed by atoms with Gasteiger partial charge in [0, 0.05) is 27.6 Å². The van der Waals surface area contributed by atoms with Gasteiger partial charge in [-0.2, -0.15) is 4.98 Å². The molecule has 1 heterocycles. The third-order valence-corrected chi connectivity index (χ3v) is 6.37. The number of carboxylic acid groups (broad SMARTS) is 1. The molecule has 0 radical (unpaired) electrons. The SMILES string of the molecule is O=C(O)CCCCCCCOc1nc(-c2ccc(Cl)cc2)c(-c2ccc(Cl)cc2)n1-c1ccccc1.[H-].[Na+]. The molecule has 37 heavy (non-hydrogen) atoms. The van der Waals surface area contributed by atoms with Crippen molar-refractivity contribution < 1.29 is 45.6 Å². The van der Waals surface area contributed by atoms with Gasteiger partial charge in [0.1, 0.15) is 5.69 Å². The number of aromatic nitrogens is 2. The number of ether oxygens (including phenoxy) is 1. The Labute approximate surface area is 251 Å². The molecule has 188 valence electrons. The van der Waals surface area contributed by atoms with Crippen LogP contribution in [0, 0.1) is 0 Å². The van der Waals surface area contributed by atoms with Gasteiger partial charge in [-0.25, -0.2) is 0 Å². The number of carboxylic acids is 1. The number of hydrogen-bond acceptors (Lipinski definition) is 3. The van der Waals surface area contributed by atoms with Gasteiger partial charge in [0.25, 0.3) is 0 Å². The van der Waals surface area contributed by atoms with Crippen molar-refractivity contribution in [1.29, 1.82) is 0 Å². The molecule has 0 aliphatic heterocycles. The van der Waals surface area contributed by atoms with Crippen LogP contribution in [0.2, 0.25) is 10.0 Å². The van der Waals surface area contributed by atoms with Crippen molar-refractivity contribution >= 4 is 29.2 Å². The Morgan fingerprint density at radius 1 is 0.811 bits per heavy atom. The second-order valence-electron chi connectivity index (χ2n) is 8.54. The minimum atomic E-state index is -0.737. The zero-order valence-electron chi connectivity index (χ0n) is 21.9. The van der Waals surface area contributed by atoms with Gasteiger partial charge in [-0.15, -0.1) is 0 Å². The van der Waals surface area contributed by atoms with Gasteiger partial charge in [-0.1, -0.05) is 84.9 Å². The Morgan fingerprint density at radius 2 is 1.38 bits per heavy atom. The van der Waals surface area contributed by atoms with Crippen LogP contribution in [0.5, 0.6) is 6.01 Å². The summed E-state index contributed by atoms with van der Waals surface area (Å²) in [6.07, 6.45) is 4.67. The summed E-state index contributed by atoms with van der Waals surface area (Å²) in [5, 5.41) is 10.1. The van der Waals surface area contributed by atoms with E-state index in [1.54, 1.807) is 0 Å². The number of halogens is 2. The molecule has 0 aliphatic rings. The van der Waals surface area contributed by atoms with E-state index in [1.165, 1.54) is 0 Å². The topological polar surface area (TPSA) is 64.3 Å². The predicted molar refractivity (Wildman–Crippen MR) is 146 cm³/mol. The number of para-hydroxylation sites is 1. The average Bonchev–Trinajstić information content (AvgIpc) is 3.26. The van der Waals surface area contributed by atoms with Gasteiger partial charge >= 0.3 is 41.5 Å². The van der Waals surface area contributed by atoms with Crippen LogP contribution in [-0.2, 0) is 4.79 Å². The molecule has 0 saturated carbocycles.